The number of halogens is 3. The lowest BCUT2D eigenvalue weighted by atomic mass is 9.92. The average molecular weight is 473 g/mol. The zero-order chi connectivity index (χ0) is 24.9. The van der Waals surface area contributed by atoms with Gasteiger partial charge in [0.15, 0.2) is 5.82 Å². The van der Waals surface area contributed by atoms with Crippen molar-refractivity contribution in [2.24, 2.45) is 0 Å². The van der Waals surface area contributed by atoms with Gasteiger partial charge in [-0.2, -0.15) is 13.2 Å². The summed E-state index contributed by atoms with van der Waals surface area (Å²) in [6, 6.07) is 9.65. The molecule has 34 heavy (non-hydrogen) atoms. The highest BCUT2D eigenvalue weighted by Crippen LogP contribution is 2.39. The van der Waals surface area contributed by atoms with E-state index in [0.29, 0.717) is 12.8 Å². The van der Waals surface area contributed by atoms with Crippen LogP contribution >= 0.6 is 0 Å². The summed E-state index contributed by atoms with van der Waals surface area (Å²) in [7, 11) is 0. The van der Waals surface area contributed by atoms with E-state index >= 15 is 0 Å². The van der Waals surface area contributed by atoms with Gasteiger partial charge in [-0.05, 0) is 68.0 Å². The maximum Gasteiger partial charge on any atom is 0.419 e. The fourth-order valence-corrected chi connectivity index (χ4v) is 3.85. The van der Waals surface area contributed by atoms with Crippen molar-refractivity contribution in [2.45, 2.75) is 58.7 Å². The molecule has 0 saturated carbocycles. The molecule has 0 aliphatic heterocycles. The zero-order valence-corrected chi connectivity index (χ0v) is 19.3. The van der Waals surface area contributed by atoms with Crippen LogP contribution in [-0.2, 0) is 23.8 Å². The van der Waals surface area contributed by atoms with Gasteiger partial charge in [0.05, 0.1) is 11.7 Å². The van der Waals surface area contributed by atoms with Crippen LogP contribution in [0.1, 0.15) is 50.3 Å². The van der Waals surface area contributed by atoms with Crippen LogP contribution in [-0.4, -0.2) is 27.1 Å². The smallest absolute Gasteiger partial charge is 0.419 e. The lowest BCUT2D eigenvalue weighted by Crippen LogP contribution is -2.13. The zero-order valence-electron chi connectivity index (χ0n) is 19.3. The van der Waals surface area contributed by atoms with Gasteiger partial charge >= 0.3 is 12.1 Å². The van der Waals surface area contributed by atoms with E-state index < -0.39 is 23.8 Å². The molecule has 0 aliphatic carbocycles. The van der Waals surface area contributed by atoms with E-state index in [1.807, 2.05) is 25.1 Å². The topological polar surface area (TPSA) is 72.3 Å². The van der Waals surface area contributed by atoms with Gasteiger partial charge in [0, 0.05) is 29.9 Å². The SMILES string of the molecule is CCc1c(CCCC(=O)O)cccc1-c1cnc(-c2ccc(OC(C)C)c(C(F)(F)F)c2)nc1. The Morgan fingerprint density at radius 1 is 1.09 bits per heavy atom. The van der Waals surface area contributed by atoms with Crippen molar-refractivity contribution in [3.63, 3.8) is 0 Å². The fraction of sp³-hybridized carbons (Fsp3) is 0.346. The highest BCUT2D eigenvalue weighted by Gasteiger charge is 2.35. The first-order valence-corrected chi connectivity index (χ1v) is 11.1. The van der Waals surface area contributed by atoms with Crippen molar-refractivity contribution in [1.82, 2.24) is 9.97 Å². The minimum absolute atomic E-state index is 0.103. The molecule has 0 saturated heterocycles. The quantitative estimate of drug-likeness (QED) is 0.381. The number of aromatic nitrogens is 2. The lowest BCUT2D eigenvalue weighted by Gasteiger charge is -2.17. The normalized spacial score (nSPS) is 11.6. The molecule has 0 atom stereocenters. The van der Waals surface area contributed by atoms with E-state index in [-0.39, 0.29) is 23.6 Å². The summed E-state index contributed by atoms with van der Waals surface area (Å²) < 4.78 is 46.1. The van der Waals surface area contributed by atoms with E-state index in [2.05, 4.69) is 9.97 Å². The molecule has 0 amide bonds. The monoisotopic (exact) mass is 472 g/mol. The molecule has 180 valence electrons. The van der Waals surface area contributed by atoms with Crippen molar-refractivity contribution in [3.05, 3.63) is 65.5 Å². The Bertz CT molecular complexity index is 1140. The van der Waals surface area contributed by atoms with Gasteiger partial charge in [-0.3, -0.25) is 4.79 Å². The molecular formula is C26H27F3N2O3. The van der Waals surface area contributed by atoms with Crippen LogP contribution in [0.15, 0.2) is 48.8 Å². The number of carboxylic acid groups (broad SMARTS) is 1. The summed E-state index contributed by atoms with van der Waals surface area (Å²) >= 11 is 0. The number of aryl methyl sites for hydroxylation is 1. The molecule has 1 N–H and O–H groups in total. The third-order valence-corrected chi connectivity index (χ3v) is 5.33. The molecule has 8 heteroatoms. The number of rotatable bonds is 9. The van der Waals surface area contributed by atoms with Crippen LogP contribution < -0.4 is 4.74 Å². The molecule has 5 nitrogen and oxygen atoms in total. The predicted octanol–water partition coefficient (Wildman–Crippen LogP) is 6.59. The maximum atomic E-state index is 13.6. The highest BCUT2D eigenvalue weighted by molar-refractivity contribution is 5.69. The molecule has 0 bridgehead atoms. The lowest BCUT2D eigenvalue weighted by molar-refractivity contribution is -0.139. The summed E-state index contributed by atoms with van der Waals surface area (Å²) in [5.74, 6) is -0.869. The number of ether oxygens (including phenoxy) is 1. The van der Waals surface area contributed by atoms with Gasteiger partial charge in [-0.15, -0.1) is 0 Å². The Balaban J connectivity index is 1.92. The molecule has 0 aliphatic rings. The second-order valence-corrected chi connectivity index (χ2v) is 8.21. The summed E-state index contributed by atoms with van der Waals surface area (Å²) in [6.07, 6.45) is 0.269. The van der Waals surface area contributed by atoms with Crippen molar-refractivity contribution in [3.8, 4) is 28.3 Å². The number of hydrogen-bond acceptors (Lipinski definition) is 4. The molecule has 3 rings (SSSR count). The molecule has 0 unspecified atom stereocenters. The largest absolute Gasteiger partial charge is 0.490 e. The first-order valence-electron chi connectivity index (χ1n) is 11.1. The van der Waals surface area contributed by atoms with Crippen LogP contribution in [0, 0.1) is 0 Å². The van der Waals surface area contributed by atoms with Crippen LogP contribution in [0.25, 0.3) is 22.5 Å². The molecule has 0 spiro atoms. The molecule has 1 aromatic heterocycles. The van der Waals surface area contributed by atoms with Crippen LogP contribution in [0.2, 0.25) is 0 Å². The van der Waals surface area contributed by atoms with Crippen molar-refractivity contribution < 1.29 is 27.8 Å². The Morgan fingerprint density at radius 2 is 1.79 bits per heavy atom. The Morgan fingerprint density at radius 3 is 2.38 bits per heavy atom. The standard InChI is InChI=1S/C26H27F3N2O3/c1-4-20-17(8-6-10-24(32)33)7-5-9-21(20)19-14-30-25(31-15-19)18-11-12-23(34-16(2)3)22(13-18)26(27,28)29/h5,7,9,11-16H,4,6,8,10H2,1-3H3,(H,32,33). The van der Waals surface area contributed by atoms with Crippen LogP contribution in [0.3, 0.4) is 0 Å². The molecule has 3 aromatic rings. The van der Waals surface area contributed by atoms with E-state index in [1.54, 1.807) is 26.2 Å². The van der Waals surface area contributed by atoms with Crippen molar-refractivity contribution in [2.75, 3.05) is 0 Å². The summed E-state index contributed by atoms with van der Waals surface area (Å²) in [5, 5.41) is 8.90. The highest BCUT2D eigenvalue weighted by atomic mass is 19.4. The van der Waals surface area contributed by atoms with Gasteiger partial charge < -0.3 is 9.84 Å². The van der Waals surface area contributed by atoms with Gasteiger partial charge in [0.25, 0.3) is 0 Å². The predicted molar refractivity (Wildman–Crippen MR) is 124 cm³/mol. The van der Waals surface area contributed by atoms with Gasteiger partial charge in [-0.1, -0.05) is 25.1 Å². The second kappa shape index (κ2) is 10.7. The first-order chi connectivity index (χ1) is 16.1. The first kappa shape index (κ1) is 25.2. The minimum atomic E-state index is -4.57. The Kier molecular flexibility index (Phi) is 7.91. The maximum absolute atomic E-state index is 13.6. The van der Waals surface area contributed by atoms with E-state index in [9.17, 15) is 18.0 Å². The molecule has 0 fully saturated rings. The Hall–Kier alpha value is -3.42. The van der Waals surface area contributed by atoms with Gasteiger partial charge in [0.2, 0.25) is 0 Å². The molecule has 1 heterocycles. The van der Waals surface area contributed by atoms with E-state index in [4.69, 9.17) is 9.84 Å². The second-order valence-electron chi connectivity index (χ2n) is 8.21. The summed E-state index contributed by atoms with van der Waals surface area (Å²) in [5.41, 5.74) is 3.21. The van der Waals surface area contributed by atoms with Crippen LogP contribution in [0.5, 0.6) is 5.75 Å². The molecule has 2 aromatic carbocycles. The number of carbonyl (C=O) groups is 1. The average Bonchev–Trinajstić information content (AvgIpc) is 2.78. The minimum Gasteiger partial charge on any atom is -0.490 e. The van der Waals surface area contributed by atoms with Gasteiger partial charge in [-0.25, -0.2) is 9.97 Å². The van der Waals surface area contributed by atoms with Crippen molar-refractivity contribution >= 4 is 5.97 Å². The summed E-state index contributed by atoms with van der Waals surface area (Å²) in [4.78, 5) is 19.5. The Labute approximate surface area is 196 Å². The number of aliphatic carboxylic acids is 1. The number of nitrogens with zero attached hydrogens (tertiary/aromatic N) is 2. The van der Waals surface area contributed by atoms with E-state index in [0.717, 1.165) is 34.7 Å². The van der Waals surface area contributed by atoms with Crippen molar-refractivity contribution in [1.29, 1.82) is 0 Å². The molecular weight excluding hydrogens is 445 g/mol. The fourth-order valence-electron chi connectivity index (χ4n) is 3.85. The number of hydrogen-bond donors (Lipinski definition) is 1. The third-order valence-electron chi connectivity index (χ3n) is 5.33. The number of carboxylic acids is 1. The molecule has 0 radical (unpaired) electrons. The number of benzene rings is 2. The summed E-state index contributed by atoms with van der Waals surface area (Å²) in [6.45, 7) is 5.36. The van der Waals surface area contributed by atoms with E-state index in [1.165, 1.54) is 12.1 Å². The van der Waals surface area contributed by atoms with Crippen LogP contribution in [0.4, 0.5) is 13.2 Å². The number of alkyl halides is 3. The third kappa shape index (κ3) is 6.12. The van der Waals surface area contributed by atoms with Gasteiger partial charge in [0.1, 0.15) is 5.75 Å².